The van der Waals surface area contributed by atoms with Crippen molar-refractivity contribution in [2.24, 2.45) is 7.05 Å². The molecule has 0 bridgehead atoms. The third kappa shape index (κ3) is 3.46. The third-order valence-corrected chi connectivity index (χ3v) is 4.12. The molecule has 0 saturated carbocycles. The SMILES string of the molecule is CCCNC(C)(CSc1nnc(C)n1C)C(=O)O. The number of rotatable bonds is 7. The molecule has 0 aliphatic rings. The molecule has 1 aromatic rings. The summed E-state index contributed by atoms with van der Waals surface area (Å²) in [4.78, 5) is 11.3. The first-order chi connectivity index (χ1) is 8.40. The highest BCUT2D eigenvalue weighted by Gasteiger charge is 2.32. The Labute approximate surface area is 111 Å². The second-order valence-corrected chi connectivity index (χ2v) is 5.38. The van der Waals surface area contributed by atoms with Crippen LogP contribution in [0.15, 0.2) is 5.16 Å². The lowest BCUT2D eigenvalue weighted by Crippen LogP contribution is -2.52. The number of aryl methyl sites for hydroxylation is 1. The summed E-state index contributed by atoms with van der Waals surface area (Å²) in [6, 6.07) is 0. The van der Waals surface area contributed by atoms with Crippen LogP contribution in [0.2, 0.25) is 0 Å². The number of hydrogen-bond acceptors (Lipinski definition) is 5. The molecular weight excluding hydrogens is 252 g/mol. The maximum atomic E-state index is 11.3. The monoisotopic (exact) mass is 272 g/mol. The molecule has 2 N–H and O–H groups in total. The van der Waals surface area contributed by atoms with E-state index in [1.54, 1.807) is 6.92 Å². The standard InChI is InChI=1S/C11H20N4O2S/c1-5-6-12-11(3,9(16)17)7-18-10-14-13-8(2)15(10)4/h12H,5-7H2,1-4H3,(H,16,17). The van der Waals surface area contributed by atoms with Gasteiger partial charge in [0.1, 0.15) is 11.4 Å². The van der Waals surface area contributed by atoms with Gasteiger partial charge in [0, 0.05) is 12.8 Å². The first-order valence-corrected chi connectivity index (χ1v) is 6.86. The lowest BCUT2D eigenvalue weighted by molar-refractivity contribution is -0.143. The van der Waals surface area contributed by atoms with Crippen LogP contribution in [0.25, 0.3) is 0 Å². The van der Waals surface area contributed by atoms with Gasteiger partial charge in [-0.2, -0.15) is 0 Å². The normalized spacial score (nSPS) is 14.4. The number of nitrogens with one attached hydrogen (secondary N) is 1. The molecule has 18 heavy (non-hydrogen) atoms. The van der Waals surface area contributed by atoms with Crippen molar-refractivity contribution in [1.82, 2.24) is 20.1 Å². The molecule has 7 heteroatoms. The largest absolute Gasteiger partial charge is 0.480 e. The number of carbonyl (C=O) groups is 1. The van der Waals surface area contributed by atoms with Gasteiger partial charge in [-0.1, -0.05) is 18.7 Å². The van der Waals surface area contributed by atoms with Crippen molar-refractivity contribution < 1.29 is 9.90 Å². The van der Waals surface area contributed by atoms with Gasteiger partial charge < -0.3 is 15.0 Å². The molecule has 1 heterocycles. The number of thioether (sulfide) groups is 1. The molecule has 102 valence electrons. The molecule has 6 nitrogen and oxygen atoms in total. The lowest BCUT2D eigenvalue weighted by Gasteiger charge is -2.25. The molecule has 1 rings (SSSR count). The minimum Gasteiger partial charge on any atom is -0.480 e. The summed E-state index contributed by atoms with van der Waals surface area (Å²) >= 11 is 1.40. The van der Waals surface area contributed by atoms with E-state index in [-0.39, 0.29) is 0 Å². The predicted octanol–water partition coefficient (Wildman–Crippen LogP) is 1.06. The van der Waals surface area contributed by atoms with Crippen molar-refractivity contribution in [3.05, 3.63) is 5.82 Å². The molecule has 1 unspecified atom stereocenters. The summed E-state index contributed by atoms with van der Waals surface area (Å²) in [5.41, 5.74) is -0.944. The Morgan fingerprint density at radius 3 is 2.67 bits per heavy atom. The van der Waals surface area contributed by atoms with E-state index in [4.69, 9.17) is 0 Å². The fourth-order valence-corrected chi connectivity index (χ4v) is 2.38. The van der Waals surface area contributed by atoms with Crippen LogP contribution in [-0.2, 0) is 11.8 Å². The van der Waals surface area contributed by atoms with Gasteiger partial charge in [0.25, 0.3) is 0 Å². The molecule has 1 aromatic heterocycles. The van der Waals surface area contributed by atoms with Crippen LogP contribution in [-0.4, -0.2) is 43.7 Å². The Hall–Kier alpha value is -1.08. The van der Waals surface area contributed by atoms with Gasteiger partial charge >= 0.3 is 5.97 Å². The number of carboxylic acids is 1. The molecule has 0 aromatic carbocycles. The van der Waals surface area contributed by atoms with Gasteiger partial charge in [0.2, 0.25) is 0 Å². The van der Waals surface area contributed by atoms with Crippen molar-refractivity contribution >= 4 is 17.7 Å². The van der Waals surface area contributed by atoms with E-state index in [2.05, 4.69) is 15.5 Å². The molecule has 0 fully saturated rings. The topological polar surface area (TPSA) is 80.0 Å². The van der Waals surface area contributed by atoms with Crippen LogP contribution >= 0.6 is 11.8 Å². The van der Waals surface area contributed by atoms with Crippen molar-refractivity contribution in [1.29, 1.82) is 0 Å². The maximum absolute atomic E-state index is 11.3. The third-order valence-electron chi connectivity index (χ3n) is 2.78. The Morgan fingerprint density at radius 2 is 2.22 bits per heavy atom. The van der Waals surface area contributed by atoms with Crippen molar-refractivity contribution in [3.63, 3.8) is 0 Å². The first kappa shape index (κ1) is 15.0. The Kier molecular flexibility index (Phi) is 5.15. The molecule has 0 aliphatic heterocycles. The van der Waals surface area contributed by atoms with Crippen LogP contribution in [0, 0.1) is 6.92 Å². The number of hydrogen-bond donors (Lipinski definition) is 2. The van der Waals surface area contributed by atoms with Crippen LogP contribution in [0.4, 0.5) is 0 Å². The number of aromatic nitrogens is 3. The Morgan fingerprint density at radius 1 is 1.56 bits per heavy atom. The van der Waals surface area contributed by atoms with Crippen LogP contribution in [0.5, 0.6) is 0 Å². The highest BCUT2D eigenvalue weighted by atomic mass is 32.2. The smallest absolute Gasteiger partial charge is 0.324 e. The minimum atomic E-state index is -0.944. The zero-order chi connectivity index (χ0) is 13.8. The van der Waals surface area contributed by atoms with Crippen LogP contribution in [0.3, 0.4) is 0 Å². The highest BCUT2D eigenvalue weighted by molar-refractivity contribution is 7.99. The van der Waals surface area contributed by atoms with Gasteiger partial charge in [-0.25, -0.2) is 0 Å². The Balaban J connectivity index is 2.68. The zero-order valence-corrected chi connectivity index (χ0v) is 12.0. The fraction of sp³-hybridized carbons (Fsp3) is 0.727. The average Bonchev–Trinajstić information content (AvgIpc) is 2.65. The summed E-state index contributed by atoms with van der Waals surface area (Å²) in [5.74, 6) is 0.382. The number of nitrogens with zero attached hydrogens (tertiary/aromatic N) is 3. The second kappa shape index (κ2) is 6.19. The summed E-state index contributed by atoms with van der Waals surface area (Å²) in [5, 5.41) is 21.1. The van der Waals surface area contributed by atoms with E-state index in [0.717, 1.165) is 17.4 Å². The van der Waals surface area contributed by atoms with Crippen molar-refractivity contribution in [3.8, 4) is 0 Å². The lowest BCUT2D eigenvalue weighted by atomic mass is 10.1. The number of aliphatic carboxylic acids is 1. The zero-order valence-electron chi connectivity index (χ0n) is 11.2. The van der Waals surface area contributed by atoms with Crippen molar-refractivity contribution in [2.45, 2.75) is 37.9 Å². The van der Waals surface area contributed by atoms with E-state index >= 15 is 0 Å². The van der Waals surface area contributed by atoms with Crippen LogP contribution < -0.4 is 5.32 Å². The highest BCUT2D eigenvalue weighted by Crippen LogP contribution is 2.21. The fourth-order valence-electron chi connectivity index (χ4n) is 1.31. The number of carboxylic acid groups (broad SMARTS) is 1. The summed E-state index contributed by atoms with van der Waals surface area (Å²) < 4.78 is 1.85. The van der Waals surface area contributed by atoms with E-state index in [1.165, 1.54) is 11.8 Å². The quantitative estimate of drug-likeness (QED) is 0.722. The van der Waals surface area contributed by atoms with E-state index < -0.39 is 11.5 Å². The van der Waals surface area contributed by atoms with Gasteiger partial charge in [-0.15, -0.1) is 10.2 Å². The molecule has 0 amide bonds. The second-order valence-electron chi connectivity index (χ2n) is 4.44. The molecule has 0 spiro atoms. The molecule has 0 saturated heterocycles. The van der Waals surface area contributed by atoms with Crippen LogP contribution in [0.1, 0.15) is 26.1 Å². The van der Waals surface area contributed by atoms with E-state index in [9.17, 15) is 9.90 Å². The van der Waals surface area contributed by atoms with E-state index in [0.29, 0.717) is 12.3 Å². The molecular formula is C11H20N4O2S. The summed E-state index contributed by atoms with van der Waals surface area (Å²) in [6.07, 6.45) is 0.899. The summed E-state index contributed by atoms with van der Waals surface area (Å²) in [7, 11) is 1.87. The van der Waals surface area contributed by atoms with Gasteiger partial charge in [-0.3, -0.25) is 4.79 Å². The average molecular weight is 272 g/mol. The predicted molar refractivity (Wildman–Crippen MR) is 70.8 cm³/mol. The van der Waals surface area contributed by atoms with Gasteiger partial charge in [-0.05, 0) is 26.8 Å². The van der Waals surface area contributed by atoms with Crippen molar-refractivity contribution in [2.75, 3.05) is 12.3 Å². The van der Waals surface area contributed by atoms with E-state index in [1.807, 2.05) is 25.5 Å². The molecule has 0 radical (unpaired) electrons. The molecule has 1 atom stereocenters. The first-order valence-electron chi connectivity index (χ1n) is 5.88. The Bertz CT molecular complexity index is 421. The van der Waals surface area contributed by atoms with Gasteiger partial charge in [0.15, 0.2) is 5.16 Å². The molecule has 0 aliphatic carbocycles. The minimum absolute atomic E-state index is 0.411. The van der Waals surface area contributed by atoms with Gasteiger partial charge in [0.05, 0.1) is 0 Å². The maximum Gasteiger partial charge on any atom is 0.324 e. The summed E-state index contributed by atoms with van der Waals surface area (Å²) in [6.45, 7) is 6.25.